The van der Waals surface area contributed by atoms with Crippen molar-refractivity contribution < 1.29 is 14.6 Å². The predicted octanol–water partition coefficient (Wildman–Crippen LogP) is 1.51. The van der Waals surface area contributed by atoms with Gasteiger partial charge >= 0.3 is 5.97 Å². The van der Waals surface area contributed by atoms with E-state index in [-0.39, 0.29) is 5.69 Å². The third-order valence-electron chi connectivity index (χ3n) is 2.60. The molecule has 19 heavy (non-hydrogen) atoms. The third-order valence-corrected chi connectivity index (χ3v) is 2.60. The highest BCUT2D eigenvalue weighted by molar-refractivity contribution is 5.84. The van der Waals surface area contributed by atoms with Crippen LogP contribution in [-0.4, -0.2) is 27.7 Å². The fourth-order valence-electron chi connectivity index (χ4n) is 1.69. The summed E-state index contributed by atoms with van der Waals surface area (Å²) in [6, 6.07) is 7.25. The van der Waals surface area contributed by atoms with E-state index in [4.69, 9.17) is 15.1 Å². The van der Waals surface area contributed by atoms with E-state index < -0.39 is 5.97 Å². The van der Waals surface area contributed by atoms with E-state index in [0.717, 1.165) is 5.56 Å². The summed E-state index contributed by atoms with van der Waals surface area (Å²) < 4.78 is 6.77. The van der Waals surface area contributed by atoms with Gasteiger partial charge in [-0.25, -0.2) is 9.78 Å². The molecule has 0 aliphatic heterocycles. The summed E-state index contributed by atoms with van der Waals surface area (Å²) in [5.41, 5.74) is 1.36. The van der Waals surface area contributed by atoms with Crippen molar-refractivity contribution in [3.63, 3.8) is 0 Å². The molecule has 2 rings (SSSR count). The van der Waals surface area contributed by atoms with Crippen LogP contribution in [0.25, 0.3) is 0 Å². The quantitative estimate of drug-likeness (QED) is 0.896. The van der Waals surface area contributed by atoms with Crippen molar-refractivity contribution in [2.24, 2.45) is 0 Å². The number of benzene rings is 1. The van der Waals surface area contributed by atoms with Gasteiger partial charge in [0.15, 0.2) is 5.69 Å². The van der Waals surface area contributed by atoms with Crippen LogP contribution in [0.3, 0.4) is 0 Å². The van der Waals surface area contributed by atoms with E-state index in [1.54, 1.807) is 22.8 Å². The third kappa shape index (κ3) is 2.72. The maximum Gasteiger partial charge on any atom is 0.356 e. The highest BCUT2D eigenvalue weighted by atomic mass is 16.5. The predicted molar refractivity (Wildman–Crippen MR) is 66.0 cm³/mol. The van der Waals surface area contributed by atoms with E-state index in [2.05, 4.69) is 4.98 Å². The maximum atomic E-state index is 10.7. The Morgan fingerprint density at radius 2 is 2.37 bits per heavy atom. The van der Waals surface area contributed by atoms with E-state index in [0.29, 0.717) is 17.9 Å². The van der Waals surface area contributed by atoms with Crippen LogP contribution in [0.15, 0.2) is 30.7 Å². The number of carboxylic acids is 1. The maximum absolute atomic E-state index is 10.7. The molecule has 0 bridgehead atoms. The zero-order valence-corrected chi connectivity index (χ0v) is 10.2. The molecule has 1 aromatic carbocycles. The number of ether oxygens (including phenoxy) is 1. The highest BCUT2D eigenvalue weighted by Gasteiger charge is 2.08. The number of carboxylic acid groups (broad SMARTS) is 1. The van der Waals surface area contributed by atoms with Gasteiger partial charge in [0.05, 0.1) is 19.0 Å². The normalized spacial score (nSPS) is 9.89. The van der Waals surface area contributed by atoms with Gasteiger partial charge in [0.2, 0.25) is 0 Å². The van der Waals surface area contributed by atoms with Crippen LogP contribution in [0.5, 0.6) is 5.75 Å². The van der Waals surface area contributed by atoms with Gasteiger partial charge < -0.3 is 14.4 Å². The average Bonchev–Trinajstić information content (AvgIpc) is 2.87. The summed E-state index contributed by atoms with van der Waals surface area (Å²) in [5.74, 6) is -0.560. The number of nitrogens with zero attached hydrogens (tertiary/aromatic N) is 3. The molecular weight excluding hydrogens is 246 g/mol. The van der Waals surface area contributed by atoms with Gasteiger partial charge in [-0.3, -0.25) is 0 Å². The SMILES string of the molecule is COc1cc(Cn2cnc(C(=O)O)c2)ccc1C#N. The van der Waals surface area contributed by atoms with Crippen molar-refractivity contribution in [1.82, 2.24) is 9.55 Å². The summed E-state index contributed by atoms with van der Waals surface area (Å²) in [6.45, 7) is 0.461. The molecule has 0 saturated heterocycles. The fraction of sp³-hybridized carbons (Fsp3) is 0.154. The van der Waals surface area contributed by atoms with Crippen LogP contribution in [0.1, 0.15) is 21.6 Å². The van der Waals surface area contributed by atoms with Crippen molar-refractivity contribution in [3.8, 4) is 11.8 Å². The van der Waals surface area contributed by atoms with Crippen molar-refractivity contribution in [3.05, 3.63) is 47.5 Å². The van der Waals surface area contributed by atoms with Gasteiger partial charge in [-0.15, -0.1) is 0 Å². The minimum atomic E-state index is -1.06. The van der Waals surface area contributed by atoms with Crippen LogP contribution in [0, 0.1) is 11.3 Å². The molecule has 0 fully saturated rings. The monoisotopic (exact) mass is 257 g/mol. The first-order valence-electron chi connectivity index (χ1n) is 5.46. The molecule has 6 nitrogen and oxygen atoms in total. The molecule has 0 atom stereocenters. The Balaban J connectivity index is 2.23. The average molecular weight is 257 g/mol. The second-order valence-corrected chi connectivity index (χ2v) is 3.88. The molecule has 0 spiro atoms. The number of aromatic nitrogens is 2. The first-order chi connectivity index (χ1) is 9.13. The molecule has 0 aliphatic rings. The van der Waals surface area contributed by atoms with Gasteiger partial charge in [0.25, 0.3) is 0 Å². The lowest BCUT2D eigenvalue weighted by Gasteiger charge is -2.06. The van der Waals surface area contributed by atoms with Gasteiger partial charge in [-0.05, 0) is 17.7 Å². The molecule has 0 saturated carbocycles. The van der Waals surface area contributed by atoms with E-state index in [1.807, 2.05) is 6.07 Å². The molecule has 1 N–H and O–H groups in total. The molecule has 1 aromatic heterocycles. The number of imidazole rings is 1. The molecular formula is C13H11N3O3. The second-order valence-electron chi connectivity index (χ2n) is 3.88. The number of hydrogen-bond acceptors (Lipinski definition) is 4. The smallest absolute Gasteiger partial charge is 0.356 e. The minimum Gasteiger partial charge on any atom is -0.495 e. The number of hydrogen-bond donors (Lipinski definition) is 1. The van der Waals surface area contributed by atoms with Crippen LogP contribution in [0.2, 0.25) is 0 Å². The van der Waals surface area contributed by atoms with Crippen LogP contribution in [-0.2, 0) is 6.54 Å². The zero-order chi connectivity index (χ0) is 13.8. The van der Waals surface area contributed by atoms with Crippen molar-refractivity contribution in [2.45, 2.75) is 6.54 Å². The lowest BCUT2D eigenvalue weighted by Crippen LogP contribution is -1.99. The highest BCUT2D eigenvalue weighted by Crippen LogP contribution is 2.19. The molecule has 0 amide bonds. The Morgan fingerprint density at radius 3 is 2.95 bits per heavy atom. The Hall–Kier alpha value is -2.81. The largest absolute Gasteiger partial charge is 0.495 e. The van der Waals surface area contributed by atoms with Crippen LogP contribution < -0.4 is 4.74 Å². The molecule has 1 heterocycles. The zero-order valence-electron chi connectivity index (χ0n) is 10.2. The second kappa shape index (κ2) is 5.23. The van der Waals surface area contributed by atoms with Crippen LogP contribution >= 0.6 is 0 Å². The molecule has 0 aliphatic carbocycles. The van der Waals surface area contributed by atoms with Gasteiger partial charge in [0.1, 0.15) is 11.8 Å². The van der Waals surface area contributed by atoms with Crippen LogP contribution in [0.4, 0.5) is 0 Å². The molecule has 2 aromatic rings. The lowest BCUT2D eigenvalue weighted by atomic mass is 10.1. The van der Waals surface area contributed by atoms with Gasteiger partial charge in [-0.2, -0.15) is 5.26 Å². The Bertz CT molecular complexity index is 655. The summed E-state index contributed by atoms with van der Waals surface area (Å²) in [6.07, 6.45) is 2.90. The number of carbonyl (C=O) groups is 1. The first-order valence-corrected chi connectivity index (χ1v) is 5.46. The molecule has 6 heteroatoms. The van der Waals surface area contributed by atoms with E-state index in [9.17, 15) is 4.79 Å². The number of rotatable bonds is 4. The van der Waals surface area contributed by atoms with Crippen molar-refractivity contribution in [1.29, 1.82) is 5.26 Å². The Labute approximate surface area is 109 Å². The van der Waals surface area contributed by atoms with E-state index >= 15 is 0 Å². The van der Waals surface area contributed by atoms with E-state index in [1.165, 1.54) is 19.6 Å². The van der Waals surface area contributed by atoms with Gasteiger partial charge in [0, 0.05) is 12.7 Å². The topological polar surface area (TPSA) is 88.1 Å². The number of aromatic carboxylic acids is 1. The summed E-state index contributed by atoms with van der Waals surface area (Å²) in [4.78, 5) is 14.5. The fourth-order valence-corrected chi connectivity index (χ4v) is 1.69. The number of nitriles is 1. The molecule has 96 valence electrons. The van der Waals surface area contributed by atoms with Gasteiger partial charge in [-0.1, -0.05) is 6.07 Å². The lowest BCUT2D eigenvalue weighted by molar-refractivity contribution is 0.0691. The standard InChI is InChI=1S/C13H11N3O3/c1-19-12-4-9(2-3-10(12)5-14)6-16-7-11(13(17)18)15-8-16/h2-4,7-8H,6H2,1H3,(H,17,18). The number of methoxy groups -OCH3 is 1. The molecule has 0 radical (unpaired) electrons. The van der Waals surface area contributed by atoms with Crippen molar-refractivity contribution >= 4 is 5.97 Å². The Morgan fingerprint density at radius 1 is 1.58 bits per heavy atom. The summed E-state index contributed by atoms with van der Waals surface area (Å²) >= 11 is 0. The Kier molecular flexibility index (Phi) is 3.48. The van der Waals surface area contributed by atoms with Crippen molar-refractivity contribution in [2.75, 3.05) is 7.11 Å². The first kappa shape index (κ1) is 12.6. The summed E-state index contributed by atoms with van der Waals surface area (Å²) in [7, 11) is 1.50. The minimum absolute atomic E-state index is 0.000565. The summed E-state index contributed by atoms with van der Waals surface area (Å²) in [5, 5.41) is 17.7. The molecule has 0 unspecified atom stereocenters.